The van der Waals surface area contributed by atoms with E-state index in [1.165, 1.54) is 13.4 Å². The van der Waals surface area contributed by atoms with Crippen molar-refractivity contribution in [1.29, 1.82) is 0 Å². The van der Waals surface area contributed by atoms with Gasteiger partial charge in [0.25, 0.3) is 5.91 Å². The van der Waals surface area contributed by atoms with E-state index < -0.39 is 5.97 Å². The number of methoxy groups -OCH3 is 1. The maximum absolute atomic E-state index is 12.7. The number of fused-ring (bicyclic) bond motifs is 1. The Labute approximate surface area is 183 Å². The summed E-state index contributed by atoms with van der Waals surface area (Å²) >= 11 is 0. The van der Waals surface area contributed by atoms with Crippen molar-refractivity contribution in [1.82, 2.24) is 15.4 Å². The number of nitrogen functional groups attached to an aromatic ring is 1. The first kappa shape index (κ1) is 20.6. The van der Waals surface area contributed by atoms with E-state index in [-0.39, 0.29) is 23.2 Å². The molecule has 160 valence electrons. The van der Waals surface area contributed by atoms with Crippen LogP contribution in [0.3, 0.4) is 0 Å². The molecule has 3 aromatic carbocycles. The van der Waals surface area contributed by atoms with E-state index in [2.05, 4.69) is 26.1 Å². The van der Waals surface area contributed by atoms with E-state index in [0.717, 1.165) is 10.8 Å². The quantitative estimate of drug-likeness (QED) is 0.271. The standard InChI is InChI=1S/C23H20N6O3/c1-32-23(31)17-10-4-5-12-18(17)27-20-19(24)21(26-13-25-20)28-29-22(30)16-11-6-8-14-7-2-3-9-15(14)16/h2-13H,24H2,1H3,(H,29,30)(H2,25,26,27,28). The molecule has 0 unspecified atom stereocenters. The van der Waals surface area contributed by atoms with Gasteiger partial charge in [-0.25, -0.2) is 14.8 Å². The smallest absolute Gasteiger partial charge is 0.339 e. The van der Waals surface area contributed by atoms with Gasteiger partial charge in [0, 0.05) is 5.56 Å². The Hall–Kier alpha value is -4.66. The van der Waals surface area contributed by atoms with Gasteiger partial charge in [0.15, 0.2) is 11.6 Å². The maximum atomic E-state index is 12.7. The Morgan fingerprint density at radius 3 is 2.41 bits per heavy atom. The molecule has 4 aromatic rings. The number of hydrogen-bond donors (Lipinski definition) is 4. The van der Waals surface area contributed by atoms with Gasteiger partial charge in [-0.15, -0.1) is 0 Å². The summed E-state index contributed by atoms with van der Waals surface area (Å²) < 4.78 is 4.80. The lowest BCUT2D eigenvalue weighted by Crippen LogP contribution is -2.30. The molecular formula is C23H20N6O3. The van der Waals surface area contributed by atoms with Crippen LogP contribution in [0.5, 0.6) is 0 Å². The van der Waals surface area contributed by atoms with Crippen LogP contribution in [0.25, 0.3) is 10.8 Å². The number of esters is 1. The van der Waals surface area contributed by atoms with Crippen molar-refractivity contribution in [3.63, 3.8) is 0 Å². The zero-order valence-corrected chi connectivity index (χ0v) is 17.1. The maximum Gasteiger partial charge on any atom is 0.339 e. The summed E-state index contributed by atoms with van der Waals surface area (Å²) in [6.45, 7) is 0. The fraction of sp³-hybridized carbons (Fsp3) is 0.0435. The predicted molar refractivity (Wildman–Crippen MR) is 123 cm³/mol. The van der Waals surface area contributed by atoms with Gasteiger partial charge < -0.3 is 15.8 Å². The molecule has 9 heteroatoms. The highest BCUT2D eigenvalue weighted by Gasteiger charge is 2.15. The number of carbonyl (C=O) groups excluding carboxylic acids is 2. The minimum Gasteiger partial charge on any atom is -0.465 e. The molecule has 0 aliphatic carbocycles. The van der Waals surface area contributed by atoms with Crippen LogP contribution >= 0.6 is 0 Å². The summed E-state index contributed by atoms with van der Waals surface area (Å²) in [7, 11) is 1.30. The van der Waals surface area contributed by atoms with E-state index in [1.807, 2.05) is 36.4 Å². The van der Waals surface area contributed by atoms with Crippen LogP contribution in [0.15, 0.2) is 73.1 Å². The number of para-hydroxylation sites is 1. The molecule has 9 nitrogen and oxygen atoms in total. The Kier molecular flexibility index (Phi) is 5.80. The second-order valence-electron chi connectivity index (χ2n) is 6.75. The third-order valence-electron chi connectivity index (χ3n) is 4.80. The molecule has 0 aliphatic heterocycles. The van der Waals surface area contributed by atoms with E-state index in [1.54, 1.807) is 30.3 Å². The molecule has 1 heterocycles. The number of hydrazine groups is 1. The molecule has 0 atom stereocenters. The van der Waals surface area contributed by atoms with Crippen LogP contribution in [0.1, 0.15) is 20.7 Å². The lowest BCUT2D eigenvalue weighted by atomic mass is 10.0. The first-order valence-corrected chi connectivity index (χ1v) is 9.67. The first-order valence-electron chi connectivity index (χ1n) is 9.67. The van der Waals surface area contributed by atoms with Crippen molar-refractivity contribution in [2.75, 3.05) is 23.6 Å². The summed E-state index contributed by atoms with van der Waals surface area (Å²) in [5, 5.41) is 4.79. The normalized spacial score (nSPS) is 10.4. The number of anilines is 4. The SMILES string of the molecule is COC(=O)c1ccccc1Nc1ncnc(NNC(=O)c2cccc3ccccc23)c1N. The number of nitrogens with one attached hydrogen (secondary N) is 3. The number of nitrogens with two attached hydrogens (primary N) is 1. The second kappa shape index (κ2) is 9.00. The summed E-state index contributed by atoms with van der Waals surface area (Å²) in [6, 6.07) is 19.9. The first-order chi connectivity index (χ1) is 15.6. The molecule has 0 fully saturated rings. The number of nitrogens with zero attached hydrogens (tertiary/aromatic N) is 2. The van der Waals surface area contributed by atoms with Gasteiger partial charge in [0.2, 0.25) is 0 Å². The third-order valence-corrected chi connectivity index (χ3v) is 4.80. The fourth-order valence-electron chi connectivity index (χ4n) is 3.21. The van der Waals surface area contributed by atoms with Gasteiger partial charge >= 0.3 is 5.97 Å². The molecule has 1 aromatic heterocycles. The molecule has 0 radical (unpaired) electrons. The van der Waals surface area contributed by atoms with Gasteiger partial charge in [0.1, 0.15) is 12.0 Å². The molecule has 1 amide bonds. The molecule has 0 aliphatic rings. The van der Waals surface area contributed by atoms with Crippen LogP contribution in [0, 0.1) is 0 Å². The number of carbonyl (C=O) groups is 2. The molecule has 32 heavy (non-hydrogen) atoms. The summed E-state index contributed by atoms with van der Waals surface area (Å²) in [4.78, 5) is 33.0. The molecule has 4 rings (SSSR count). The summed E-state index contributed by atoms with van der Waals surface area (Å²) in [5.74, 6) is -0.378. The van der Waals surface area contributed by atoms with Gasteiger partial charge in [-0.3, -0.25) is 15.6 Å². The highest BCUT2D eigenvalue weighted by molar-refractivity contribution is 6.07. The number of benzene rings is 3. The third kappa shape index (κ3) is 4.12. The fourth-order valence-corrected chi connectivity index (χ4v) is 3.21. The molecule has 0 saturated heterocycles. The van der Waals surface area contributed by atoms with E-state index in [4.69, 9.17) is 10.5 Å². The minimum absolute atomic E-state index is 0.158. The monoisotopic (exact) mass is 428 g/mol. The van der Waals surface area contributed by atoms with Crippen LogP contribution < -0.4 is 21.9 Å². The lowest BCUT2D eigenvalue weighted by molar-refractivity contribution is 0.0601. The Balaban J connectivity index is 1.54. The minimum atomic E-state index is -0.499. The largest absolute Gasteiger partial charge is 0.465 e. The van der Waals surface area contributed by atoms with Crippen molar-refractivity contribution in [3.8, 4) is 0 Å². The van der Waals surface area contributed by atoms with E-state index in [0.29, 0.717) is 16.8 Å². The van der Waals surface area contributed by atoms with Gasteiger partial charge in [-0.2, -0.15) is 0 Å². The van der Waals surface area contributed by atoms with Gasteiger partial charge in [-0.05, 0) is 29.0 Å². The van der Waals surface area contributed by atoms with Crippen molar-refractivity contribution >= 4 is 45.7 Å². The number of ether oxygens (including phenoxy) is 1. The topological polar surface area (TPSA) is 131 Å². The van der Waals surface area contributed by atoms with E-state index >= 15 is 0 Å². The Morgan fingerprint density at radius 1 is 0.875 bits per heavy atom. The zero-order valence-electron chi connectivity index (χ0n) is 17.1. The number of hydrogen-bond acceptors (Lipinski definition) is 8. The number of amides is 1. The summed E-state index contributed by atoms with van der Waals surface area (Å²) in [6.07, 6.45) is 1.28. The van der Waals surface area contributed by atoms with Crippen LogP contribution in [0.4, 0.5) is 23.0 Å². The van der Waals surface area contributed by atoms with E-state index in [9.17, 15) is 9.59 Å². The predicted octanol–water partition coefficient (Wildman–Crippen LogP) is 3.50. The Morgan fingerprint density at radius 2 is 1.56 bits per heavy atom. The lowest BCUT2D eigenvalue weighted by Gasteiger charge is -2.15. The highest BCUT2D eigenvalue weighted by atomic mass is 16.5. The van der Waals surface area contributed by atoms with Crippen LogP contribution in [0.2, 0.25) is 0 Å². The number of aromatic nitrogens is 2. The van der Waals surface area contributed by atoms with Crippen molar-refractivity contribution in [2.45, 2.75) is 0 Å². The van der Waals surface area contributed by atoms with Crippen molar-refractivity contribution in [3.05, 3.63) is 84.2 Å². The average molecular weight is 428 g/mol. The second-order valence-corrected chi connectivity index (χ2v) is 6.75. The number of rotatable bonds is 6. The molecule has 0 bridgehead atoms. The van der Waals surface area contributed by atoms with Crippen LogP contribution in [-0.2, 0) is 4.74 Å². The molecule has 0 spiro atoms. The zero-order chi connectivity index (χ0) is 22.5. The average Bonchev–Trinajstić information content (AvgIpc) is 2.84. The molecular weight excluding hydrogens is 408 g/mol. The Bertz CT molecular complexity index is 1300. The molecule has 0 saturated carbocycles. The highest BCUT2D eigenvalue weighted by Crippen LogP contribution is 2.27. The summed E-state index contributed by atoms with van der Waals surface area (Å²) in [5.41, 5.74) is 13.0. The van der Waals surface area contributed by atoms with Gasteiger partial charge in [-0.1, -0.05) is 48.5 Å². The van der Waals surface area contributed by atoms with Gasteiger partial charge in [0.05, 0.1) is 18.4 Å². The van der Waals surface area contributed by atoms with Crippen molar-refractivity contribution < 1.29 is 14.3 Å². The van der Waals surface area contributed by atoms with Crippen molar-refractivity contribution in [2.24, 2.45) is 0 Å². The van der Waals surface area contributed by atoms with Crippen LogP contribution in [-0.4, -0.2) is 29.0 Å². The molecule has 5 N–H and O–H groups in total.